The molecule has 0 N–H and O–H groups in total. The van der Waals surface area contributed by atoms with Crippen LogP contribution < -0.4 is 0 Å². The quantitative estimate of drug-likeness (QED) is 0.453. The molecular weight excluding hydrogens is 454 g/mol. The van der Waals surface area contributed by atoms with Crippen LogP contribution in [-0.4, -0.2) is 0 Å². The van der Waals surface area contributed by atoms with Gasteiger partial charge in [-0.3, -0.25) is 0 Å². The van der Waals surface area contributed by atoms with Crippen LogP contribution in [-0.2, 0) is 49.5 Å². The van der Waals surface area contributed by atoms with Gasteiger partial charge < -0.3 is 0 Å². The maximum absolute atomic E-state index is 0. The van der Waals surface area contributed by atoms with Crippen molar-refractivity contribution < 1.29 is 121 Å². The minimum Gasteiger partial charge on any atom is 0 e. The van der Waals surface area contributed by atoms with Crippen molar-refractivity contribution in [2.45, 2.75) is 0 Å². The van der Waals surface area contributed by atoms with Crippen molar-refractivity contribution >= 4 is 0 Å². The molecule has 0 bridgehead atoms. The van der Waals surface area contributed by atoms with E-state index in [2.05, 4.69) is 0 Å². The van der Waals surface area contributed by atoms with Gasteiger partial charge in [-0.1, -0.05) is 0 Å². The van der Waals surface area contributed by atoms with Gasteiger partial charge in [0.2, 0.25) is 0 Å². The molecule has 0 unspecified atom stereocenters. The molecular formula is La2Ni3. The average Bonchev–Trinajstić information content (AvgIpc) is 0. The molecule has 0 rings (SSSR count). The van der Waals surface area contributed by atoms with Gasteiger partial charge in [0.1, 0.15) is 0 Å². The second-order valence-electron chi connectivity index (χ2n) is 0. The summed E-state index contributed by atoms with van der Waals surface area (Å²) in [5, 5.41) is 0. The van der Waals surface area contributed by atoms with Gasteiger partial charge in [0, 0.05) is 121 Å². The second kappa shape index (κ2) is 24.8. The van der Waals surface area contributed by atoms with Gasteiger partial charge in [0.15, 0.2) is 0 Å². The average molecular weight is 454 g/mol. The van der Waals surface area contributed by atoms with E-state index in [1.54, 1.807) is 0 Å². The summed E-state index contributed by atoms with van der Waals surface area (Å²) in [6.45, 7) is 0. The maximum Gasteiger partial charge on any atom is 0 e. The zero-order valence-corrected chi connectivity index (χ0v) is 12.3. The van der Waals surface area contributed by atoms with Crippen molar-refractivity contribution in [1.29, 1.82) is 0 Å². The van der Waals surface area contributed by atoms with Gasteiger partial charge in [0.25, 0.3) is 0 Å². The number of hydrogen-bond acceptors (Lipinski definition) is 0. The minimum absolute atomic E-state index is 0. The molecule has 0 atom stereocenters. The summed E-state index contributed by atoms with van der Waals surface area (Å²) >= 11 is 0. The molecule has 0 aliphatic carbocycles. The van der Waals surface area contributed by atoms with Gasteiger partial charge in [-0.2, -0.15) is 0 Å². The fourth-order valence-electron chi connectivity index (χ4n) is 0. The van der Waals surface area contributed by atoms with E-state index in [4.69, 9.17) is 0 Å². The molecule has 0 amide bonds. The molecule has 0 aliphatic rings. The van der Waals surface area contributed by atoms with Crippen molar-refractivity contribution in [2.75, 3.05) is 0 Å². The van der Waals surface area contributed by atoms with E-state index in [-0.39, 0.29) is 121 Å². The summed E-state index contributed by atoms with van der Waals surface area (Å²) in [7, 11) is 0. The first-order valence-electron chi connectivity index (χ1n) is 0. The minimum atomic E-state index is 0. The van der Waals surface area contributed by atoms with E-state index in [0.29, 0.717) is 0 Å². The SMILES string of the molecule is [La].[La].[Ni].[Ni].[Ni]. The Labute approximate surface area is 118 Å². The third-order valence-electron chi connectivity index (χ3n) is 0. The summed E-state index contributed by atoms with van der Waals surface area (Å²) < 4.78 is 0. The normalized spacial score (nSPS) is 0. The molecule has 2 radical (unpaired) electrons. The molecule has 36 valence electrons. The van der Waals surface area contributed by atoms with Crippen molar-refractivity contribution in [3.63, 3.8) is 0 Å². The Morgan fingerprint density at radius 3 is 0.400 bits per heavy atom. The summed E-state index contributed by atoms with van der Waals surface area (Å²) in [5.74, 6) is 0. The number of hydrogen-bond donors (Lipinski definition) is 0. The fourth-order valence-corrected chi connectivity index (χ4v) is 0. The van der Waals surface area contributed by atoms with Gasteiger partial charge in [-0.15, -0.1) is 0 Å². The van der Waals surface area contributed by atoms with Crippen LogP contribution in [0.5, 0.6) is 0 Å². The van der Waals surface area contributed by atoms with Crippen molar-refractivity contribution in [1.82, 2.24) is 0 Å². The van der Waals surface area contributed by atoms with Crippen molar-refractivity contribution in [3.8, 4) is 0 Å². The molecule has 5 heteroatoms. The second-order valence-corrected chi connectivity index (χ2v) is 0. The van der Waals surface area contributed by atoms with Gasteiger partial charge in [0.05, 0.1) is 0 Å². The van der Waals surface area contributed by atoms with Crippen LogP contribution in [0.4, 0.5) is 0 Å². The predicted molar refractivity (Wildman–Crippen MR) is 0 cm³/mol. The Morgan fingerprint density at radius 1 is 0.400 bits per heavy atom. The summed E-state index contributed by atoms with van der Waals surface area (Å²) in [6, 6.07) is 0. The monoisotopic (exact) mass is 452 g/mol. The summed E-state index contributed by atoms with van der Waals surface area (Å²) in [6.07, 6.45) is 0. The van der Waals surface area contributed by atoms with E-state index in [0.717, 1.165) is 0 Å². The Hall–Kier alpha value is 3.87. The largest absolute Gasteiger partial charge is 0 e. The van der Waals surface area contributed by atoms with Crippen LogP contribution in [0.25, 0.3) is 0 Å². The molecule has 5 heavy (non-hydrogen) atoms. The molecule has 0 saturated carbocycles. The maximum atomic E-state index is 0. The number of rotatable bonds is 0. The zero-order valence-electron chi connectivity index (χ0n) is 2.10. The first kappa shape index (κ1) is 36.7. The van der Waals surface area contributed by atoms with E-state index in [1.165, 1.54) is 0 Å². The van der Waals surface area contributed by atoms with Gasteiger partial charge in [-0.05, 0) is 0 Å². The molecule has 0 aromatic heterocycles. The Kier molecular flexibility index (Phi) is 182. The summed E-state index contributed by atoms with van der Waals surface area (Å²) in [5.41, 5.74) is 0. The standard InChI is InChI=1S/2La.3Ni. The molecule has 0 nitrogen and oxygen atoms in total. The molecule has 0 aromatic rings. The first-order valence-corrected chi connectivity index (χ1v) is 0. The third-order valence-corrected chi connectivity index (χ3v) is 0. The first-order chi connectivity index (χ1) is 0. The van der Waals surface area contributed by atoms with E-state index < -0.39 is 0 Å². The molecule has 0 saturated heterocycles. The van der Waals surface area contributed by atoms with Crippen LogP contribution in [0.1, 0.15) is 0 Å². The van der Waals surface area contributed by atoms with Crippen LogP contribution in [0, 0.1) is 71.2 Å². The topological polar surface area (TPSA) is 0 Å². The van der Waals surface area contributed by atoms with Crippen molar-refractivity contribution in [3.05, 3.63) is 0 Å². The molecule has 0 heterocycles. The fraction of sp³-hybridized carbons (Fsp3) is 0. The predicted octanol–water partition coefficient (Wildman–Crippen LogP) is -0.00750. The zero-order chi connectivity index (χ0) is 0. The Bertz CT molecular complexity index is 4.85. The van der Waals surface area contributed by atoms with E-state index in [9.17, 15) is 0 Å². The van der Waals surface area contributed by atoms with Gasteiger partial charge in [-0.25, -0.2) is 0 Å². The molecule has 0 fully saturated rings. The van der Waals surface area contributed by atoms with Crippen LogP contribution >= 0.6 is 0 Å². The third kappa shape index (κ3) is 18.1. The summed E-state index contributed by atoms with van der Waals surface area (Å²) in [4.78, 5) is 0. The van der Waals surface area contributed by atoms with Crippen LogP contribution in [0.3, 0.4) is 0 Å². The smallest absolute Gasteiger partial charge is 0 e. The Morgan fingerprint density at radius 2 is 0.400 bits per heavy atom. The molecule has 0 spiro atoms. The van der Waals surface area contributed by atoms with Crippen LogP contribution in [0.15, 0.2) is 0 Å². The molecule has 0 aliphatic heterocycles. The van der Waals surface area contributed by atoms with E-state index >= 15 is 0 Å². The van der Waals surface area contributed by atoms with Crippen LogP contribution in [0.2, 0.25) is 0 Å². The van der Waals surface area contributed by atoms with Gasteiger partial charge >= 0.3 is 0 Å². The van der Waals surface area contributed by atoms with E-state index in [1.807, 2.05) is 0 Å². The van der Waals surface area contributed by atoms with Crippen molar-refractivity contribution in [2.24, 2.45) is 0 Å². The molecule has 0 aromatic carbocycles. The Balaban J connectivity index is 0.